The molecule has 0 heterocycles. The summed E-state index contributed by atoms with van der Waals surface area (Å²) in [5, 5.41) is 0. The van der Waals surface area contributed by atoms with Gasteiger partial charge in [-0.3, -0.25) is 14.4 Å². The monoisotopic (exact) mass is 931 g/mol. The molecule has 0 aromatic carbocycles. The van der Waals surface area contributed by atoms with Crippen LogP contribution >= 0.6 is 0 Å². The molecule has 0 N–H and O–H groups in total. The average molecular weight is 931 g/mol. The second-order valence-corrected chi connectivity index (χ2v) is 18.1. The van der Waals surface area contributed by atoms with Crippen molar-refractivity contribution in [3.8, 4) is 0 Å². The summed E-state index contributed by atoms with van der Waals surface area (Å²) in [6.45, 7) is 6.38. The normalized spacial score (nSPS) is 12.8. The number of hydrogen-bond acceptors (Lipinski definition) is 6. The van der Waals surface area contributed by atoms with Crippen molar-refractivity contribution < 1.29 is 28.6 Å². The van der Waals surface area contributed by atoms with Crippen LogP contribution in [0.25, 0.3) is 0 Å². The number of carbonyl (C=O) groups excluding carboxylic acids is 3. The van der Waals surface area contributed by atoms with Crippen LogP contribution in [-0.4, -0.2) is 37.2 Å². The SMILES string of the molecule is CC/C=C\C/C=C\C/C=C\C/C=C\CCCCCCCCC(=O)OCC(COC(=O)CCCCCCCCCCCCCCCC)OC(=O)CCCCC/C=C\C/C=C\C/C=C\C/C=C\CC. The lowest BCUT2D eigenvalue weighted by Crippen LogP contribution is -2.30. The molecule has 6 nitrogen and oxygen atoms in total. The highest BCUT2D eigenvalue weighted by atomic mass is 16.6. The quantitative estimate of drug-likeness (QED) is 0.0262. The van der Waals surface area contributed by atoms with Crippen molar-refractivity contribution in [3.05, 3.63) is 97.2 Å². The third-order valence-electron chi connectivity index (χ3n) is 11.6. The number of esters is 3. The molecule has 0 aromatic rings. The summed E-state index contributed by atoms with van der Waals surface area (Å²) >= 11 is 0. The smallest absolute Gasteiger partial charge is 0.306 e. The van der Waals surface area contributed by atoms with Crippen LogP contribution < -0.4 is 0 Å². The van der Waals surface area contributed by atoms with Crippen LogP contribution in [0.1, 0.15) is 252 Å². The molecule has 0 aliphatic rings. The summed E-state index contributed by atoms with van der Waals surface area (Å²) in [6, 6.07) is 0. The number of ether oxygens (including phenoxy) is 3. The highest BCUT2D eigenvalue weighted by Gasteiger charge is 2.19. The topological polar surface area (TPSA) is 78.9 Å². The van der Waals surface area contributed by atoms with E-state index >= 15 is 0 Å². The zero-order valence-corrected chi connectivity index (χ0v) is 43.6. The molecular weight excluding hydrogens is 829 g/mol. The van der Waals surface area contributed by atoms with Gasteiger partial charge in [-0.05, 0) is 96.3 Å². The van der Waals surface area contributed by atoms with E-state index in [2.05, 4.69) is 118 Å². The number of unbranched alkanes of at least 4 members (excludes halogenated alkanes) is 22. The van der Waals surface area contributed by atoms with Crippen LogP contribution in [0.15, 0.2) is 97.2 Å². The first-order chi connectivity index (χ1) is 33.0. The lowest BCUT2D eigenvalue weighted by atomic mass is 10.0. The highest BCUT2D eigenvalue weighted by Crippen LogP contribution is 2.15. The molecular formula is C61H102O6. The molecule has 0 amide bonds. The van der Waals surface area contributed by atoms with E-state index < -0.39 is 6.10 Å². The molecule has 0 bridgehead atoms. The van der Waals surface area contributed by atoms with Crippen molar-refractivity contribution >= 4 is 17.9 Å². The van der Waals surface area contributed by atoms with Gasteiger partial charge in [0.25, 0.3) is 0 Å². The summed E-state index contributed by atoms with van der Waals surface area (Å²) in [5.74, 6) is -0.937. The number of allylic oxidation sites excluding steroid dienone is 16. The van der Waals surface area contributed by atoms with Crippen molar-refractivity contribution in [1.82, 2.24) is 0 Å². The second-order valence-electron chi connectivity index (χ2n) is 18.1. The van der Waals surface area contributed by atoms with E-state index in [1.807, 2.05) is 0 Å². The van der Waals surface area contributed by atoms with Gasteiger partial charge in [0.1, 0.15) is 13.2 Å². The maximum Gasteiger partial charge on any atom is 0.306 e. The van der Waals surface area contributed by atoms with Crippen LogP contribution in [0.3, 0.4) is 0 Å². The molecule has 1 unspecified atom stereocenters. The van der Waals surface area contributed by atoms with Gasteiger partial charge in [-0.1, -0.05) is 234 Å². The minimum atomic E-state index is -0.800. The zero-order chi connectivity index (χ0) is 48.6. The zero-order valence-electron chi connectivity index (χ0n) is 43.6. The fraction of sp³-hybridized carbons (Fsp3) is 0.689. The highest BCUT2D eigenvalue weighted by molar-refractivity contribution is 5.71. The Morgan fingerprint density at radius 2 is 0.582 bits per heavy atom. The van der Waals surface area contributed by atoms with Gasteiger partial charge in [-0.25, -0.2) is 0 Å². The first-order valence-electron chi connectivity index (χ1n) is 27.7. The minimum Gasteiger partial charge on any atom is -0.462 e. The Balaban J connectivity index is 4.46. The van der Waals surface area contributed by atoms with Gasteiger partial charge in [-0.2, -0.15) is 0 Å². The van der Waals surface area contributed by atoms with Gasteiger partial charge in [0.15, 0.2) is 6.10 Å². The van der Waals surface area contributed by atoms with E-state index in [1.54, 1.807) is 0 Å². The average Bonchev–Trinajstić information content (AvgIpc) is 3.33. The van der Waals surface area contributed by atoms with Crippen LogP contribution in [0.5, 0.6) is 0 Å². The van der Waals surface area contributed by atoms with Crippen LogP contribution in [0.2, 0.25) is 0 Å². The Kier molecular flexibility index (Phi) is 51.9. The Morgan fingerprint density at radius 1 is 0.313 bits per heavy atom. The molecule has 0 aliphatic heterocycles. The first kappa shape index (κ1) is 63.3. The van der Waals surface area contributed by atoms with E-state index in [0.29, 0.717) is 12.8 Å². The molecule has 67 heavy (non-hydrogen) atoms. The third-order valence-corrected chi connectivity index (χ3v) is 11.6. The van der Waals surface area contributed by atoms with E-state index in [0.717, 1.165) is 128 Å². The van der Waals surface area contributed by atoms with Gasteiger partial charge >= 0.3 is 17.9 Å². The van der Waals surface area contributed by atoms with Crippen molar-refractivity contribution in [1.29, 1.82) is 0 Å². The molecule has 382 valence electrons. The lowest BCUT2D eigenvalue weighted by molar-refractivity contribution is -0.167. The molecule has 0 radical (unpaired) electrons. The van der Waals surface area contributed by atoms with E-state index in [1.165, 1.54) is 83.5 Å². The lowest BCUT2D eigenvalue weighted by Gasteiger charge is -2.18. The first-order valence-corrected chi connectivity index (χ1v) is 27.7. The molecule has 0 aliphatic carbocycles. The van der Waals surface area contributed by atoms with E-state index in [9.17, 15) is 14.4 Å². The molecule has 0 saturated heterocycles. The van der Waals surface area contributed by atoms with Crippen LogP contribution in [-0.2, 0) is 28.6 Å². The number of hydrogen-bond donors (Lipinski definition) is 0. The second kappa shape index (κ2) is 54.9. The van der Waals surface area contributed by atoms with Crippen LogP contribution in [0.4, 0.5) is 0 Å². The van der Waals surface area contributed by atoms with Gasteiger partial charge in [0, 0.05) is 19.3 Å². The third kappa shape index (κ3) is 53.2. The fourth-order valence-electron chi connectivity index (χ4n) is 7.48. The van der Waals surface area contributed by atoms with E-state index in [4.69, 9.17) is 14.2 Å². The Labute approximate surface area is 413 Å². The Morgan fingerprint density at radius 3 is 0.925 bits per heavy atom. The Hall–Kier alpha value is -3.67. The van der Waals surface area contributed by atoms with Crippen molar-refractivity contribution in [2.24, 2.45) is 0 Å². The molecule has 0 aromatic heterocycles. The summed E-state index contributed by atoms with van der Waals surface area (Å²) in [5.41, 5.74) is 0. The molecule has 1 atom stereocenters. The van der Waals surface area contributed by atoms with Crippen molar-refractivity contribution in [3.63, 3.8) is 0 Å². The maximum atomic E-state index is 12.8. The predicted octanol–water partition coefficient (Wildman–Crippen LogP) is 18.5. The Bertz CT molecular complexity index is 1350. The summed E-state index contributed by atoms with van der Waals surface area (Å²) in [4.78, 5) is 38.1. The fourth-order valence-corrected chi connectivity index (χ4v) is 7.48. The van der Waals surface area contributed by atoms with Gasteiger partial charge in [0.2, 0.25) is 0 Å². The van der Waals surface area contributed by atoms with Crippen LogP contribution in [0, 0.1) is 0 Å². The molecule has 0 saturated carbocycles. The van der Waals surface area contributed by atoms with E-state index in [-0.39, 0.29) is 37.5 Å². The molecule has 6 heteroatoms. The minimum absolute atomic E-state index is 0.0940. The van der Waals surface area contributed by atoms with Gasteiger partial charge < -0.3 is 14.2 Å². The van der Waals surface area contributed by atoms with Crippen molar-refractivity contribution in [2.45, 2.75) is 258 Å². The molecule has 0 rings (SSSR count). The number of carbonyl (C=O) groups is 3. The summed E-state index contributed by atoms with van der Waals surface area (Å²) in [6.07, 6.45) is 72.5. The number of rotatable bonds is 49. The maximum absolute atomic E-state index is 12.8. The standard InChI is InChI=1S/C61H102O6/c1-4-7-10-13-16-19-22-25-28-30-31-32-34-36-39-42-45-48-51-54-60(63)66-57-58(56-65-59(62)53-50-47-44-41-38-35-27-24-21-18-15-12-9-6-3)67-61(64)55-52-49-46-43-40-37-33-29-26-23-20-17-14-11-8-5-2/h7-8,10-11,16-17,19-20,25-26,28-29,31-32,37,40,58H,4-6,9,12-15,18,21-24,27,30,33-36,38-39,41-57H2,1-3H3/b10-7-,11-8-,19-16-,20-17-,28-25-,29-26-,32-31-,40-37-. The largest absolute Gasteiger partial charge is 0.462 e. The van der Waals surface area contributed by atoms with Gasteiger partial charge in [-0.15, -0.1) is 0 Å². The van der Waals surface area contributed by atoms with Crippen molar-refractivity contribution in [2.75, 3.05) is 13.2 Å². The summed E-state index contributed by atoms with van der Waals surface area (Å²) in [7, 11) is 0. The molecule has 0 spiro atoms. The van der Waals surface area contributed by atoms with Gasteiger partial charge in [0.05, 0.1) is 0 Å². The summed E-state index contributed by atoms with van der Waals surface area (Å²) < 4.78 is 16.8. The molecule has 0 fully saturated rings. The predicted molar refractivity (Wildman–Crippen MR) is 288 cm³/mol.